The van der Waals surface area contributed by atoms with Gasteiger partial charge in [0.15, 0.2) is 0 Å². The van der Waals surface area contributed by atoms with Crippen molar-refractivity contribution in [3.8, 4) is 0 Å². The van der Waals surface area contributed by atoms with Crippen LogP contribution < -0.4 is 0 Å². The Bertz CT molecular complexity index is 400. The molecular weight excluding hydrogens is 188 g/mol. The molecule has 0 atom stereocenters. The molecule has 0 aliphatic carbocycles. The minimum atomic E-state index is -1.11. The van der Waals surface area contributed by atoms with E-state index in [9.17, 15) is 14.9 Å². The molecule has 1 aromatic heterocycles. The minimum absolute atomic E-state index is 0.169. The Labute approximate surface area is 78.7 Å². The third kappa shape index (κ3) is 2.67. The molecule has 1 aromatic rings. The number of aliphatic carboxylic acids is 1. The van der Waals surface area contributed by atoms with Crippen LogP contribution in [-0.4, -0.2) is 21.0 Å². The second-order valence-electron chi connectivity index (χ2n) is 2.41. The number of hydrogen-bond acceptors (Lipinski definition) is 4. The molecule has 1 rings (SSSR count). The van der Waals surface area contributed by atoms with Gasteiger partial charge in [0.1, 0.15) is 6.20 Å². The molecule has 0 aliphatic rings. The molecule has 0 radical (unpaired) electrons. The van der Waals surface area contributed by atoms with Gasteiger partial charge in [-0.2, -0.15) is 0 Å². The van der Waals surface area contributed by atoms with Crippen molar-refractivity contribution >= 4 is 17.7 Å². The van der Waals surface area contributed by atoms with E-state index in [2.05, 4.69) is 4.98 Å². The number of hydrogen-bond donors (Lipinski definition) is 1. The number of rotatable bonds is 3. The van der Waals surface area contributed by atoms with Crippen LogP contribution in [0.4, 0.5) is 5.69 Å². The zero-order valence-electron chi connectivity index (χ0n) is 6.95. The lowest BCUT2D eigenvalue weighted by Gasteiger charge is -1.92. The quantitative estimate of drug-likeness (QED) is 0.441. The summed E-state index contributed by atoms with van der Waals surface area (Å²) in [5.74, 6) is -1.11. The number of nitrogens with zero attached hydrogens (tertiary/aromatic N) is 2. The van der Waals surface area contributed by atoms with Gasteiger partial charge in [0.25, 0.3) is 5.69 Å². The first-order valence-electron chi connectivity index (χ1n) is 3.60. The van der Waals surface area contributed by atoms with E-state index in [1.807, 2.05) is 0 Å². The van der Waals surface area contributed by atoms with Gasteiger partial charge in [0.05, 0.1) is 4.92 Å². The third-order valence-corrected chi connectivity index (χ3v) is 1.37. The largest absolute Gasteiger partial charge is 0.478 e. The van der Waals surface area contributed by atoms with Crippen LogP contribution in [0.25, 0.3) is 6.08 Å². The molecule has 0 saturated carbocycles. The van der Waals surface area contributed by atoms with Gasteiger partial charge < -0.3 is 5.11 Å². The normalized spacial score (nSPS) is 10.3. The van der Waals surface area contributed by atoms with E-state index in [0.29, 0.717) is 5.56 Å². The van der Waals surface area contributed by atoms with Crippen LogP contribution in [0.1, 0.15) is 5.56 Å². The average Bonchev–Trinajstić information content (AvgIpc) is 2.15. The lowest BCUT2D eigenvalue weighted by molar-refractivity contribution is -0.385. The number of carboxylic acids is 1. The Kier molecular flexibility index (Phi) is 2.90. The zero-order chi connectivity index (χ0) is 10.6. The maximum Gasteiger partial charge on any atom is 0.328 e. The van der Waals surface area contributed by atoms with Crippen LogP contribution in [0.2, 0.25) is 0 Å². The van der Waals surface area contributed by atoms with Gasteiger partial charge in [-0.15, -0.1) is 0 Å². The number of carboxylic acid groups (broad SMARTS) is 1. The maximum absolute atomic E-state index is 10.3. The summed E-state index contributed by atoms with van der Waals surface area (Å²) in [6.45, 7) is 0. The average molecular weight is 194 g/mol. The summed E-state index contributed by atoms with van der Waals surface area (Å²) in [6, 6.07) is 1.24. The number of carbonyl (C=O) groups is 1. The summed E-state index contributed by atoms with van der Waals surface area (Å²) in [4.78, 5) is 23.5. The topological polar surface area (TPSA) is 93.3 Å². The molecule has 1 heterocycles. The van der Waals surface area contributed by atoms with Crippen molar-refractivity contribution in [1.29, 1.82) is 0 Å². The lowest BCUT2D eigenvalue weighted by atomic mass is 10.2. The van der Waals surface area contributed by atoms with Crippen LogP contribution in [0, 0.1) is 10.1 Å². The molecule has 6 nitrogen and oxygen atoms in total. The van der Waals surface area contributed by atoms with Crippen LogP contribution in [0.5, 0.6) is 0 Å². The van der Waals surface area contributed by atoms with Crippen molar-refractivity contribution in [3.05, 3.63) is 40.2 Å². The fourth-order valence-electron chi connectivity index (χ4n) is 0.804. The summed E-state index contributed by atoms with van der Waals surface area (Å²) < 4.78 is 0. The third-order valence-electron chi connectivity index (χ3n) is 1.37. The van der Waals surface area contributed by atoms with Gasteiger partial charge >= 0.3 is 5.97 Å². The highest BCUT2D eigenvalue weighted by molar-refractivity contribution is 5.85. The first-order chi connectivity index (χ1) is 6.59. The molecule has 0 fully saturated rings. The minimum Gasteiger partial charge on any atom is -0.478 e. The van der Waals surface area contributed by atoms with Gasteiger partial charge in [0, 0.05) is 18.3 Å². The fraction of sp³-hybridized carbons (Fsp3) is 0. The van der Waals surface area contributed by atoms with Gasteiger partial charge in [-0.25, -0.2) is 4.79 Å². The first-order valence-corrected chi connectivity index (χ1v) is 3.60. The van der Waals surface area contributed by atoms with E-state index in [1.54, 1.807) is 0 Å². The molecular formula is C8H6N2O4. The Morgan fingerprint density at radius 2 is 2.29 bits per heavy atom. The lowest BCUT2D eigenvalue weighted by Crippen LogP contribution is -1.90. The summed E-state index contributed by atoms with van der Waals surface area (Å²) in [7, 11) is 0. The predicted molar refractivity (Wildman–Crippen MR) is 47.6 cm³/mol. The number of nitro groups is 1. The van der Waals surface area contributed by atoms with Crippen molar-refractivity contribution in [3.63, 3.8) is 0 Å². The van der Waals surface area contributed by atoms with E-state index in [-0.39, 0.29) is 5.69 Å². The molecule has 0 spiro atoms. The SMILES string of the molecule is O=C(O)/C=C\c1cncc([N+](=O)[O-])c1. The molecule has 14 heavy (non-hydrogen) atoms. The summed E-state index contributed by atoms with van der Waals surface area (Å²) >= 11 is 0. The summed E-state index contributed by atoms with van der Waals surface area (Å²) in [6.07, 6.45) is 4.56. The Balaban J connectivity index is 2.94. The molecule has 0 unspecified atom stereocenters. The van der Waals surface area contributed by atoms with E-state index in [4.69, 9.17) is 5.11 Å². The van der Waals surface area contributed by atoms with Crippen molar-refractivity contribution < 1.29 is 14.8 Å². The Hall–Kier alpha value is -2.24. The van der Waals surface area contributed by atoms with E-state index < -0.39 is 10.9 Å². The molecule has 6 heteroatoms. The number of pyridine rings is 1. The second-order valence-corrected chi connectivity index (χ2v) is 2.41. The maximum atomic E-state index is 10.3. The van der Waals surface area contributed by atoms with Gasteiger partial charge in [-0.05, 0) is 11.6 Å². The summed E-state index contributed by atoms with van der Waals surface area (Å²) in [5, 5.41) is 18.6. The fourth-order valence-corrected chi connectivity index (χ4v) is 0.804. The van der Waals surface area contributed by atoms with Crippen LogP contribution in [-0.2, 0) is 4.79 Å². The van der Waals surface area contributed by atoms with E-state index >= 15 is 0 Å². The van der Waals surface area contributed by atoms with E-state index in [0.717, 1.165) is 12.3 Å². The monoisotopic (exact) mass is 194 g/mol. The van der Waals surface area contributed by atoms with E-state index in [1.165, 1.54) is 18.3 Å². The van der Waals surface area contributed by atoms with Crippen LogP contribution >= 0.6 is 0 Å². The van der Waals surface area contributed by atoms with Crippen molar-refractivity contribution in [2.45, 2.75) is 0 Å². The molecule has 0 bridgehead atoms. The highest BCUT2D eigenvalue weighted by atomic mass is 16.6. The van der Waals surface area contributed by atoms with Crippen LogP contribution in [0.15, 0.2) is 24.5 Å². The first kappa shape index (κ1) is 9.85. The summed E-state index contributed by atoms with van der Waals surface area (Å²) in [5.41, 5.74) is 0.208. The van der Waals surface area contributed by atoms with Crippen LogP contribution in [0.3, 0.4) is 0 Å². The standard InChI is InChI=1S/C8H6N2O4/c11-8(12)2-1-6-3-7(10(13)14)5-9-4-6/h1-5H,(H,11,12)/b2-1-. The van der Waals surface area contributed by atoms with Gasteiger partial charge in [-0.1, -0.05) is 0 Å². The highest BCUT2D eigenvalue weighted by Crippen LogP contribution is 2.11. The number of aromatic nitrogens is 1. The Morgan fingerprint density at radius 3 is 2.86 bits per heavy atom. The van der Waals surface area contributed by atoms with Gasteiger partial charge in [-0.3, -0.25) is 15.1 Å². The second kappa shape index (κ2) is 4.13. The predicted octanol–water partition coefficient (Wildman–Crippen LogP) is 1.09. The van der Waals surface area contributed by atoms with Crippen molar-refractivity contribution in [2.24, 2.45) is 0 Å². The molecule has 0 amide bonds. The molecule has 0 aromatic carbocycles. The molecule has 1 N–H and O–H groups in total. The van der Waals surface area contributed by atoms with Gasteiger partial charge in [0.2, 0.25) is 0 Å². The smallest absolute Gasteiger partial charge is 0.328 e. The van der Waals surface area contributed by atoms with Crippen molar-refractivity contribution in [2.75, 3.05) is 0 Å². The molecule has 0 saturated heterocycles. The zero-order valence-corrected chi connectivity index (χ0v) is 6.95. The highest BCUT2D eigenvalue weighted by Gasteiger charge is 2.04. The Morgan fingerprint density at radius 1 is 1.57 bits per heavy atom. The van der Waals surface area contributed by atoms with Crippen molar-refractivity contribution in [1.82, 2.24) is 4.98 Å². The molecule has 0 aliphatic heterocycles. The molecule has 72 valence electrons.